The summed E-state index contributed by atoms with van der Waals surface area (Å²) in [7, 11) is 1.63. The van der Waals surface area contributed by atoms with Crippen molar-refractivity contribution in [1.82, 2.24) is 10.3 Å². The second-order valence-electron chi connectivity index (χ2n) is 6.97. The molecule has 0 unspecified atom stereocenters. The Morgan fingerprint density at radius 3 is 2.34 bits per heavy atom. The average Bonchev–Trinajstić information content (AvgIpc) is 3.11. The Bertz CT molecular complexity index is 1150. The first-order valence-corrected chi connectivity index (χ1v) is 9.42. The van der Waals surface area contributed by atoms with Crippen LogP contribution >= 0.6 is 0 Å². The van der Waals surface area contributed by atoms with Crippen molar-refractivity contribution in [2.75, 3.05) is 7.11 Å². The molecular formula is C24H22N2O3. The Labute approximate surface area is 169 Å². The van der Waals surface area contributed by atoms with Crippen molar-refractivity contribution in [2.24, 2.45) is 0 Å². The molecule has 2 aromatic carbocycles. The van der Waals surface area contributed by atoms with Crippen LogP contribution in [0.15, 0.2) is 71.4 Å². The average molecular weight is 386 g/mol. The molecule has 0 aliphatic heterocycles. The van der Waals surface area contributed by atoms with Gasteiger partial charge in [-0.3, -0.25) is 9.78 Å². The van der Waals surface area contributed by atoms with Gasteiger partial charge in [0.1, 0.15) is 11.3 Å². The minimum absolute atomic E-state index is 0.254. The smallest absolute Gasteiger partial charge is 0.288 e. The number of aryl methyl sites for hydroxylation is 2. The molecule has 4 rings (SSSR count). The van der Waals surface area contributed by atoms with Crippen LogP contribution in [0.2, 0.25) is 0 Å². The van der Waals surface area contributed by atoms with Crippen LogP contribution in [0.3, 0.4) is 0 Å². The highest BCUT2D eigenvalue weighted by Gasteiger charge is 2.23. The van der Waals surface area contributed by atoms with Crippen molar-refractivity contribution in [3.05, 3.63) is 95.0 Å². The number of para-hydroxylation sites is 1. The lowest BCUT2D eigenvalue weighted by atomic mass is 9.99. The molecule has 2 aromatic heterocycles. The highest BCUT2D eigenvalue weighted by molar-refractivity contribution is 5.99. The van der Waals surface area contributed by atoms with Crippen LogP contribution in [0, 0.1) is 13.8 Å². The summed E-state index contributed by atoms with van der Waals surface area (Å²) in [4.78, 5) is 17.3. The number of aromatic nitrogens is 1. The molecule has 1 amide bonds. The highest BCUT2D eigenvalue weighted by Crippen LogP contribution is 2.29. The number of hydrogen-bond donors (Lipinski definition) is 1. The number of ether oxygens (including phenoxy) is 1. The first kappa shape index (κ1) is 18.7. The lowest BCUT2D eigenvalue weighted by Crippen LogP contribution is -2.29. The van der Waals surface area contributed by atoms with Crippen molar-refractivity contribution in [3.63, 3.8) is 0 Å². The zero-order valence-electron chi connectivity index (χ0n) is 16.6. The maximum Gasteiger partial charge on any atom is 0.288 e. The van der Waals surface area contributed by atoms with E-state index in [1.165, 1.54) is 0 Å². The van der Waals surface area contributed by atoms with Crippen LogP contribution < -0.4 is 10.1 Å². The molecule has 5 heteroatoms. The van der Waals surface area contributed by atoms with Crippen molar-refractivity contribution >= 4 is 16.9 Å². The number of amides is 1. The summed E-state index contributed by atoms with van der Waals surface area (Å²) in [6, 6.07) is 17.0. The third-order valence-electron chi connectivity index (χ3n) is 5.13. The van der Waals surface area contributed by atoms with E-state index in [2.05, 4.69) is 10.3 Å². The van der Waals surface area contributed by atoms with Gasteiger partial charge in [0.2, 0.25) is 0 Å². The molecule has 0 saturated carbocycles. The van der Waals surface area contributed by atoms with Gasteiger partial charge in [0, 0.05) is 23.3 Å². The maximum atomic E-state index is 13.2. The number of carbonyl (C=O) groups excluding carboxylic acids is 1. The number of furan rings is 1. The molecule has 0 fully saturated rings. The van der Waals surface area contributed by atoms with Crippen LogP contribution in [0.4, 0.5) is 0 Å². The van der Waals surface area contributed by atoms with Gasteiger partial charge in [-0.05, 0) is 54.8 Å². The van der Waals surface area contributed by atoms with E-state index in [0.717, 1.165) is 39.0 Å². The molecule has 2 heterocycles. The first-order valence-electron chi connectivity index (χ1n) is 9.42. The Kier molecular flexibility index (Phi) is 5.04. The number of hydrogen-bond acceptors (Lipinski definition) is 4. The summed E-state index contributed by atoms with van der Waals surface area (Å²) < 4.78 is 11.2. The Morgan fingerprint density at radius 2 is 1.69 bits per heavy atom. The number of nitrogens with zero attached hydrogens (tertiary/aromatic N) is 1. The lowest BCUT2D eigenvalue weighted by molar-refractivity contribution is 0.0916. The molecule has 1 N–H and O–H groups in total. The summed E-state index contributed by atoms with van der Waals surface area (Å²) >= 11 is 0. The third-order valence-corrected chi connectivity index (χ3v) is 5.13. The number of benzene rings is 2. The van der Waals surface area contributed by atoms with E-state index in [4.69, 9.17) is 9.15 Å². The summed E-state index contributed by atoms with van der Waals surface area (Å²) in [5, 5.41) is 4.08. The third kappa shape index (κ3) is 3.59. The van der Waals surface area contributed by atoms with Gasteiger partial charge in [0.05, 0.1) is 13.2 Å². The molecule has 146 valence electrons. The summed E-state index contributed by atoms with van der Waals surface area (Å²) in [5.74, 6) is 0.842. The number of rotatable bonds is 5. The van der Waals surface area contributed by atoms with Crippen molar-refractivity contribution in [1.29, 1.82) is 0 Å². The van der Waals surface area contributed by atoms with E-state index >= 15 is 0 Å². The molecule has 1 atom stereocenters. The van der Waals surface area contributed by atoms with Gasteiger partial charge in [-0.2, -0.15) is 0 Å². The number of methoxy groups -OCH3 is 1. The van der Waals surface area contributed by atoms with Gasteiger partial charge >= 0.3 is 0 Å². The predicted octanol–water partition coefficient (Wildman–Crippen LogP) is 4.97. The summed E-state index contributed by atoms with van der Waals surface area (Å²) in [5.41, 5.74) is 4.47. The largest absolute Gasteiger partial charge is 0.497 e. The predicted molar refractivity (Wildman–Crippen MR) is 112 cm³/mol. The van der Waals surface area contributed by atoms with E-state index in [-0.39, 0.29) is 11.9 Å². The van der Waals surface area contributed by atoms with Crippen LogP contribution in [-0.2, 0) is 0 Å². The van der Waals surface area contributed by atoms with Crippen molar-refractivity contribution < 1.29 is 13.9 Å². The van der Waals surface area contributed by atoms with Crippen LogP contribution in [0.1, 0.15) is 38.9 Å². The van der Waals surface area contributed by atoms with Gasteiger partial charge in [-0.25, -0.2) is 0 Å². The van der Waals surface area contributed by atoms with E-state index in [1.54, 1.807) is 19.5 Å². The Morgan fingerprint density at radius 1 is 1.00 bits per heavy atom. The van der Waals surface area contributed by atoms with Crippen molar-refractivity contribution in [3.8, 4) is 5.75 Å². The second-order valence-corrected chi connectivity index (χ2v) is 6.97. The first-order chi connectivity index (χ1) is 14.1. The van der Waals surface area contributed by atoms with Gasteiger partial charge in [0.25, 0.3) is 5.91 Å². The van der Waals surface area contributed by atoms with Crippen molar-refractivity contribution in [2.45, 2.75) is 19.9 Å². The van der Waals surface area contributed by atoms with E-state index in [1.807, 2.05) is 68.4 Å². The standard InChI is InChI=1S/C24H22N2O3/c1-15-5-4-6-20-16(2)23(29-22(15)20)24(27)26-21(18-11-13-25-14-12-18)17-7-9-19(28-3)10-8-17/h4-14,21H,1-3H3,(H,26,27)/t21-/m0/s1. The topological polar surface area (TPSA) is 64.4 Å². The molecule has 5 nitrogen and oxygen atoms in total. The fraction of sp³-hybridized carbons (Fsp3) is 0.167. The molecule has 29 heavy (non-hydrogen) atoms. The fourth-order valence-corrected chi connectivity index (χ4v) is 3.51. The lowest BCUT2D eigenvalue weighted by Gasteiger charge is -2.19. The molecule has 0 aliphatic carbocycles. The SMILES string of the molecule is COc1ccc([C@H](NC(=O)c2oc3c(C)cccc3c2C)c2ccncc2)cc1. The summed E-state index contributed by atoms with van der Waals surface area (Å²) in [6.07, 6.45) is 3.43. The summed E-state index contributed by atoms with van der Waals surface area (Å²) in [6.45, 7) is 3.89. The number of nitrogens with one attached hydrogen (secondary N) is 1. The number of pyridine rings is 1. The molecular weight excluding hydrogens is 364 g/mol. The van der Waals surface area contributed by atoms with Gasteiger partial charge in [-0.15, -0.1) is 0 Å². The van der Waals surface area contributed by atoms with Gasteiger partial charge in [0.15, 0.2) is 5.76 Å². The number of carbonyl (C=O) groups is 1. The normalized spacial score (nSPS) is 12.0. The minimum Gasteiger partial charge on any atom is -0.497 e. The molecule has 0 spiro atoms. The van der Waals surface area contributed by atoms with Crippen LogP contribution in [-0.4, -0.2) is 18.0 Å². The van der Waals surface area contributed by atoms with E-state index < -0.39 is 0 Å². The number of fused-ring (bicyclic) bond motifs is 1. The fourth-order valence-electron chi connectivity index (χ4n) is 3.51. The van der Waals surface area contributed by atoms with Crippen LogP contribution in [0.25, 0.3) is 11.0 Å². The monoisotopic (exact) mass is 386 g/mol. The molecule has 0 bridgehead atoms. The second kappa shape index (κ2) is 7.80. The Balaban J connectivity index is 1.71. The minimum atomic E-state index is -0.342. The van der Waals surface area contributed by atoms with E-state index in [9.17, 15) is 4.79 Å². The van der Waals surface area contributed by atoms with Gasteiger partial charge in [-0.1, -0.05) is 30.3 Å². The molecule has 0 aliphatic rings. The van der Waals surface area contributed by atoms with E-state index in [0.29, 0.717) is 5.76 Å². The quantitative estimate of drug-likeness (QED) is 0.526. The molecule has 0 radical (unpaired) electrons. The highest BCUT2D eigenvalue weighted by atomic mass is 16.5. The zero-order chi connectivity index (χ0) is 20.4. The van der Waals surface area contributed by atoms with Gasteiger partial charge < -0.3 is 14.5 Å². The maximum absolute atomic E-state index is 13.2. The molecule has 0 saturated heterocycles. The molecule has 4 aromatic rings. The Hall–Kier alpha value is -3.60. The zero-order valence-corrected chi connectivity index (χ0v) is 16.6. The van der Waals surface area contributed by atoms with Crippen LogP contribution in [0.5, 0.6) is 5.75 Å².